The summed E-state index contributed by atoms with van der Waals surface area (Å²) in [6, 6.07) is 0. The van der Waals surface area contributed by atoms with Gasteiger partial charge < -0.3 is 11.5 Å². The Morgan fingerprint density at radius 2 is 1.10 bits per heavy atom. The summed E-state index contributed by atoms with van der Waals surface area (Å²) in [7, 11) is 0. The highest BCUT2D eigenvalue weighted by molar-refractivity contribution is 5.80. The molecule has 4 heteroatoms. The molecule has 0 aliphatic heterocycles. The summed E-state index contributed by atoms with van der Waals surface area (Å²) in [6.07, 6.45) is 11.1. The van der Waals surface area contributed by atoms with Gasteiger partial charge in [0, 0.05) is 11.8 Å². The molecule has 4 nitrogen and oxygen atoms in total. The van der Waals surface area contributed by atoms with Crippen LogP contribution in [0.25, 0.3) is 0 Å². The van der Waals surface area contributed by atoms with Gasteiger partial charge in [-0.15, -0.1) is 0 Å². The Morgan fingerprint density at radius 3 is 1.38 bits per heavy atom. The number of rotatable bonds is 14. The van der Waals surface area contributed by atoms with E-state index in [2.05, 4.69) is 13.8 Å². The number of primary amides is 2. The molecule has 0 heterocycles. The van der Waals surface area contributed by atoms with Crippen LogP contribution >= 0.6 is 0 Å². The zero-order valence-electron chi connectivity index (χ0n) is 13.9. The lowest BCUT2D eigenvalue weighted by Gasteiger charge is -2.19. The van der Waals surface area contributed by atoms with E-state index in [1.54, 1.807) is 0 Å². The van der Waals surface area contributed by atoms with Gasteiger partial charge in [0.2, 0.25) is 11.8 Å². The summed E-state index contributed by atoms with van der Waals surface area (Å²) >= 11 is 0. The van der Waals surface area contributed by atoms with Crippen molar-refractivity contribution in [3.8, 4) is 0 Å². The van der Waals surface area contributed by atoms with Gasteiger partial charge in [0.1, 0.15) is 0 Å². The lowest BCUT2D eigenvalue weighted by Crippen LogP contribution is -2.31. The Labute approximate surface area is 130 Å². The maximum absolute atomic E-state index is 11.6. The first-order chi connectivity index (χ1) is 10.0. The van der Waals surface area contributed by atoms with Gasteiger partial charge in [-0.2, -0.15) is 0 Å². The molecule has 0 rings (SSSR count). The Morgan fingerprint density at radius 1 is 0.714 bits per heavy atom. The third kappa shape index (κ3) is 10.3. The number of carbonyl (C=O) groups is 2. The Bertz CT molecular complexity index is 265. The SMILES string of the molecule is CCCCCCC(CC(CCCCCC)C(N)=O)C(N)=O. The normalized spacial score (nSPS) is 13.8. The van der Waals surface area contributed by atoms with Gasteiger partial charge in [-0.3, -0.25) is 9.59 Å². The molecule has 0 aliphatic rings. The number of hydrogen-bond donors (Lipinski definition) is 2. The van der Waals surface area contributed by atoms with Gasteiger partial charge in [-0.05, 0) is 19.3 Å². The molecule has 0 fully saturated rings. The van der Waals surface area contributed by atoms with Crippen LogP contribution in [0.5, 0.6) is 0 Å². The van der Waals surface area contributed by atoms with Gasteiger partial charge in [-0.1, -0.05) is 65.2 Å². The third-order valence-corrected chi connectivity index (χ3v) is 4.19. The molecule has 0 bridgehead atoms. The molecule has 0 aromatic rings. The van der Waals surface area contributed by atoms with E-state index < -0.39 is 0 Å². The largest absolute Gasteiger partial charge is 0.369 e. The van der Waals surface area contributed by atoms with E-state index in [0.29, 0.717) is 6.42 Å². The van der Waals surface area contributed by atoms with Crippen LogP contribution in [-0.2, 0) is 9.59 Å². The van der Waals surface area contributed by atoms with Crippen molar-refractivity contribution in [2.75, 3.05) is 0 Å². The number of nitrogens with two attached hydrogens (primary N) is 2. The second-order valence-electron chi connectivity index (χ2n) is 6.13. The molecule has 0 aromatic carbocycles. The molecule has 0 saturated carbocycles. The van der Waals surface area contributed by atoms with E-state index >= 15 is 0 Å². The van der Waals surface area contributed by atoms with Crippen molar-refractivity contribution in [3.63, 3.8) is 0 Å². The van der Waals surface area contributed by atoms with Crippen molar-refractivity contribution in [1.29, 1.82) is 0 Å². The second kappa shape index (κ2) is 12.7. The predicted octanol–water partition coefficient (Wildman–Crippen LogP) is 3.52. The molecular formula is C17H34N2O2. The number of amides is 2. The van der Waals surface area contributed by atoms with Crippen LogP contribution in [0.1, 0.15) is 84.5 Å². The molecule has 2 unspecified atom stereocenters. The molecule has 0 saturated heterocycles. The summed E-state index contributed by atoms with van der Waals surface area (Å²) in [5.74, 6) is -0.978. The zero-order chi connectivity index (χ0) is 16.1. The Hall–Kier alpha value is -1.06. The maximum atomic E-state index is 11.6. The van der Waals surface area contributed by atoms with Crippen molar-refractivity contribution < 1.29 is 9.59 Å². The lowest BCUT2D eigenvalue weighted by molar-refractivity contribution is -0.125. The molecule has 2 atom stereocenters. The minimum absolute atomic E-state index is 0.203. The van der Waals surface area contributed by atoms with Crippen molar-refractivity contribution in [1.82, 2.24) is 0 Å². The van der Waals surface area contributed by atoms with Crippen LogP contribution in [-0.4, -0.2) is 11.8 Å². The first-order valence-corrected chi connectivity index (χ1v) is 8.61. The summed E-state index contributed by atoms with van der Waals surface area (Å²) in [4.78, 5) is 23.1. The quantitative estimate of drug-likeness (QED) is 0.481. The van der Waals surface area contributed by atoms with Gasteiger partial charge in [-0.25, -0.2) is 0 Å². The highest BCUT2D eigenvalue weighted by Gasteiger charge is 2.24. The van der Waals surface area contributed by atoms with Crippen LogP contribution in [0.15, 0.2) is 0 Å². The maximum Gasteiger partial charge on any atom is 0.220 e. The molecule has 21 heavy (non-hydrogen) atoms. The first-order valence-electron chi connectivity index (χ1n) is 8.61. The van der Waals surface area contributed by atoms with Crippen LogP contribution in [0.2, 0.25) is 0 Å². The number of unbranched alkanes of at least 4 members (excludes halogenated alkanes) is 6. The molecule has 2 amide bonds. The van der Waals surface area contributed by atoms with Gasteiger partial charge >= 0.3 is 0 Å². The topological polar surface area (TPSA) is 86.2 Å². The van der Waals surface area contributed by atoms with Gasteiger partial charge in [0.05, 0.1) is 0 Å². The van der Waals surface area contributed by atoms with Crippen LogP contribution < -0.4 is 11.5 Å². The van der Waals surface area contributed by atoms with Crippen molar-refractivity contribution >= 4 is 11.8 Å². The van der Waals surface area contributed by atoms with Crippen molar-refractivity contribution in [3.05, 3.63) is 0 Å². The highest BCUT2D eigenvalue weighted by Crippen LogP contribution is 2.23. The minimum Gasteiger partial charge on any atom is -0.369 e. The first kappa shape index (κ1) is 19.9. The minimum atomic E-state index is -0.286. The molecule has 0 spiro atoms. The molecular weight excluding hydrogens is 264 g/mol. The van der Waals surface area contributed by atoms with E-state index in [9.17, 15) is 9.59 Å². The summed E-state index contributed by atoms with van der Waals surface area (Å²) in [6.45, 7) is 4.32. The van der Waals surface area contributed by atoms with Crippen LogP contribution in [0, 0.1) is 11.8 Å². The second-order valence-corrected chi connectivity index (χ2v) is 6.13. The lowest BCUT2D eigenvalue weighted by atomic mass is 9.86. The number of carbonyl (C=O) groups excluding carboxylic acids is 2. The standard InChI is InChI=1S/C17H34N2O2/c1-3-5-7-9-11-14(16(18)20)13-15(17(19)21)12-10-8-6-4-2/h14-15H,3-13H2,1-2H3,(H2,18,20)(H2,19,21). The summed E-state index contributed by atoms with van der Waals surface area (Å²) in [5, 5.41) is 0. The highest BCUT2D eigenvalue weighted by atomic mass is 16.1. The van der Waals surface area contributed by atoms with E-state index in [4.69, 9.17) is 11.5 Å². The van der Waals surface area contributed by atoms with Crippen molar-refractivity contribution in [2.45, 2.75) is 84.5 Å². The molecule has 124 valence electrons. The predicted molar refractivity (Wildman–Crippen MR) is 87.5 cm³/mol. The number of hydrogen-bond acceptors (Lipinski definition) is 2. The Balaban J connectivity index is 4.25. The third-order valence-electron chi connectivity index (χ3n) is 4.19. The van der Waals surface area contributed by atoms with Gasteiger partial charge in [0.25, 0.3) is 0 Å². The Kier molecular flexibility index (Phi) is 12.0. The van der Waals surface area contributed by atoms with E-state index in [-0.39, 0.29) is 23.7 Å². The van der Waals surface area contributed by atoms with E-state index in [1.807, 2.05) is 0 Å². The monoisotopic (exact) mass is 298 g/mol. The fraction of sp³-hybridized carbons (Fsp3) is 0.882. The average Bonchev–Trinajstić information content (AvgIpc) is 2.44. The van der Waals surface area contributed by atoms with Crippen molar-refractivity contribution in [2.24, 2.45) is 23.3 Å². The zero-order valence-corrected chi connectivity index (χ0v) is 13.9. The summed E-state index contributed by atoms with van der Waals surface area (Å²) in [5.41, 5.74) is 11.0. The summed E-state index contributed by atoms with van der Waals surface area (Å²) < 4.78 is 0. The molecule has 0 radical (unpaired) electrons. The molecule has 4 N–H and O–H groups in total. The molecule has 0 aliphatic carbocycles. The van der Waals surface area contributed by atoms with E-state index in [1.165, 1.54) is 25.7 Å². The van der Waals surface area contributed by atoms with E-state index in [0.717, 1.165) is 38.5 Å². The van der Waals surface area contributed by atoms with Gasteiger partial charge in [0.15, 0.2) is 0 Å². The molecule has 0 aromatic heterocycles. The average molecular weight is 298 g/mol. The van der Waals surface area contributed by atoms with Crippen LogP contribution in [0.4, 0.5) is 0 Å². The van der Waals surface area contributed by atoms with Crippen LogP contribution in [0.3, 0.4) is 0 Å². The fourth-order valence-corrected chi connectivity index (χ4v) is 2.73. The fourth-order valence-electron chi connectivity index (χ4n) is 2.73. The smallest absolute Gasteiger partial charge is 0.220 e.